The van der Waals surface area contributed by atoms with E-state index in [1.165, 1.54) is 0 Å². The molecule has 1 aromatic carbocycles. The average Bonchev–Trinajstić information content (AvgIpc) is 2.32. The van der Waals surface area contributed by atoms with E-state index in [0.717, 1.165) is 0 Å². The van der Waals surface area contributed by atoms with E-state index in [4.69, 9.17) is 11.6 Å². The van der Waals surface area contributed by atoms with Crippen molar-refractivity contribution in [1.29, 1.82) is 0 Å². The summed E-state index contributed by atoms with van der Waals surface area (Å²) in [5.74, 6) is -2.90. The zero-order valence-electron chi connectivity index (χ0n) is 8.37. The van der Waals surface area contributed by atoms with Gasteiger partial charge in [-0.3, -0.25) is 0 Å². The van der Waals surface area contributed by atoms with Gasteiger partial charge in [-0.25, -0.2) is 13.2 Å². The Kier molecular flexibility index (Phi) is 2.26. The van der Waals surface area contributed by atoms with Crippen molar-refractivity contribution in [3.8, 4) is 0 Å². The maximum atomic E-state index is 13.5. The zero-order chi connectivity index (χ0) is 11.4. The highest BCUT2D eigenvalue weighted by atomic mass is 35.5. The SMILES string of the molecule is CC1(C)CC(Cl)c2c(F)c(F)cc(F)c21. The second-order valence-electron chi connectivity index (χ2n) is 4.50. The Morgan fingerprint density at radius 3 is 2.47 bits per heavy atom. The van der Waals surface area contributed by atoms with Gasteiger partial charge >= 0.3 is 0 Å². The minimum Gasteiger partial charge on any atom is -0.207 e. The third kappa shape index (κ3) is 1.44. The van der Waals surface area contributed by atoms with Crippen LogP contribution in [-0.2, 0) is 5.41 Å². The van der Waals surface area contributed by atoms with Crippen LogP contribution >= 0.6 is 11.6 Å². The van der Waals surface area contributed by atoms with Crippen molar-refractivity contribution in [3.05, 3.63) is 34.6 Å². The number of alkyl halides is 1. The fraction of sp³-hybridized carbons (Fsp3) is 0.455. The highest BCUT2D eigenvalue weighted by molar-refractivity contribution is 6.21. The van der Waals surface area contributed by atoms with Gasteiger partial charge in [-0.1, -0.05) is 13.8 Å². The Morgan fingerprint density at radius 1 is 1.27 bits per heavy atom. The van der Waals surface area contributed by atoms with Gasteiger partial charge < -0.3 is 0 Å². The molecule has 1 aliphatic rings. The Morgan fingerprint density at radius 2 is 1.87 bits per heavy atom. The topological polar surface area (TPSA) is 0 Å². The van der Waals surface area contributed by atoms with E-state index < -0.39 is 28.2 Å². The van der Waals surface area contributed by atoms with Gasteiger partial charge in [0.15, 0.2) is 11.6 Å². The number of rotatable bonds is 0. The van der Waals surface area contributed by atoms with Crippen LogP contribution in [-0.4, -0.2) is 0 Å². The first-order valence-electron chi connectivity index (χ1n) is 4.66. The molecular weight excluding hydrogens is 225 g/mol. The van der Waals surface area contributed by atoms with Crippen molar-refractivity contribution < 1.29 is 13.2 Å². The molecule has 0 saturated heterocycles. The molecule has 0 aromatic heterocycles. The smallest absolute Gasteiger partial charge is 0.164 e. The van der Waals surface area contributed by atoms with Gasteiger partial charge in [0.25, 0.3) is 0 Å². The molecule has 1 unspecified atom stereocenters. The molecule has 0 amide bonds. The number of hydrogen-bond acceptors (Lipinski definition) is 0. The molecule has 0 aliphatic heterocycles. The minimum atomic E-state index is -1.17. The molecule has 0 radical (unpaired) electrons. The fourth-order valence-corrected chi connectivity index (χ4v) is 2.84. The van der Waals surface area contributed by atoms with Crippen LogP contribution in [0.2, 0.25) is 0 Å². The van der Waals surface area contributed by atoms with Crippen molar-refractivity contribution in [1.82, 2.24) is 0 Å². The first-order valence-corrected chi connectivity index (χ1v) is 5.10. The molecule has 0 saturated carbocycles. The number of benzene rings is 1. The summed E-state index contributed by atoms with van der Waals surface area (Å²) in [6.07, 6.45) is 0.418. The Bertz CT molecular complexity index is 426. The Labute approximate surface area is 91.1 Å². The largest absolute Gasteiger partial charge is 0.207 e. The van der Waals surface area contributed by atoms with Gasteiger partial charge in [-0.2, -0.15) is 0 Å². The first kappa shape index (κ1) is 10.8. The summed E-state index contributed by atoms with van der Waals surface area (Å²) in [7, 11) is 0. The third-order valence-corrected chi connectivity index (χ3v) is 3.26. The predicted octanol–water partition coefficient (Wildman–Crippen LogP) is 4.07. The maximum absolute atomic E-state index is 13.5. The summed E-state index contributed by atoms with van der Waals surface area (Å²) < 4.78 is 40.0. The van der Waals surface area contributed by atoms with E-state index in [1.54, 1.807) is 13.8 Å². The summed E-state index contributed by atoms with van der Waals surface area (Å²) in [5, 5.41) is -0.653. The second-order valence-corrected chi connectivity index (χ2v) is 5.03. The lowest BCUT2D eigenvalue weighted by atomic mass is 9.86. The van der Waals surface area contributed by atoms with Gasteiger partial charge in [-0.05, 0) is 11.8 Å². The van der Waals surface area contributed by atoms with Crippen molar-refractivity contribution in [3.63, 3.8) is 0 Å². The number of halogens is 4. The van der Waals surface area contributed by atoms with Crippen LogP contribution in [0.15, 0.2) is 6.07 Å². The van der Waals surface area contributed by atoms with Gasteiger partial charge in [-0.15, -0.1) is 11.6 Å². The van der Waals surface area contributed by atoms with Crippen molar-refractivity contribution in [2.24, 2.45) is 0 Å². The van der Waals surface area contributed by atoms with E-state index in [9.17, 15) is 13.2 Å². The summed E-state index contributed by atoms with van der Waals surface area (Å²) in [6.45, 7) is 3.54. The molecule has 1 aliphatic carbocycles. The molecule has 1 atom stereocenters. The van der Waals surface area contributed by atoms with Crippen LogP contribution in [0.25, 0.3) is 0 Å². The maximum Gasteiger partial charge on any atom is 0.164 e. The highest BCUT2D eigenvalue weighted by Gasteiger charge is 2.41. The molecule has 4 heteroatoms. The monoisotopic (exact) mass is 234 g/mol. The molecular formula is C11H10ClF3. The summed E-state index contributed by atoms with van der Waals surface area (Å²) in [4.78, 5) is 0. The molecule has 0 fully saturated rings. The van der Waals surface area contributed by atoms with Crippen LogP contribution < -0.4 is 0 Å². The lowest BCUT2D eigenvalue weighted by Crippen LogP contribution is -2.14. The highest BCUT2D eigenvalue weighted by Crippen LogP contribution is 2.50. The number of hydrogen-bond donors (Lipinski definition) is 0. The van der Waals surface area contributed by atoms with E-state index >= 15 is 0 Å². The van der Waals surface area contributed by atoms with Gasteiger partial charge in [0.2, 0.25) is 0 Å². The average molecular weight is 235 g/mol. The van der Waals surface area contributed by atoms with E-state index in [0.29, 0.717) is 12.5 Å². The van der Waals surface area contributed by atoms with Crippen LogP contribution in [0, 0.1) is 17.5 Å². The normalized spacial score (nSPS) is 22.9. The molecule has 15 heavy (non-hydrogen) atoms. The summed E-state index contributed by atoms with van der Waals surface area (Å²) in [5.41, 5.74) is -0.346. The number of fused-ring (bicyclic) bond motifs is 1. The molecule has 0 bridgehead atoms. The molecule has 0 nitrogen and oxygen atoms in total. The molecule has 2 rings (SSSR count). The van der Waals surface area contributed by atoms with Crippen LogP contribution in [0.1, 0.15) is 36.8 Å². The summed E-state index contributed by atoms with van der Waals surface area (Å²) >= 11 is 5.90. The fourth-order valence-electron chi connectivity index (χ4n) is 2.25. The predicted molar refractivity (Wildman–Crippen MR) is 52.6 cm³/mol. The van der Waals surface area contributed by atoms with Crippen LogP contribution in [0.5, 0.6) is 0 Å². The standard InChI is InChI=1S/C11H10ClF3/c1-11(2)4-5(12)8-9(11)6(13)3-7(14)10(8)15/h3,5H,4H2,1-2H3. The van der Waals surface area contributed by atoms with Gasteiger partial charge in [0.05, 0.1) is 5.38 Å². The van der Waals surface area contributed by atoms with Gasteiger partial charge in [0.1, 0.15) is 5.82 Å². The lowest BCUT2D eigenvalue weighted by Gasteiger charge is -2.19. The summed E-state index contributed by atoms with van der Waals surface area (Å²) in [6, 6.07) is 0.588. The quantitative estimate of drug-likeness (QED) is 0.469. The van der Waals surface area contributed by atoms with Crippen molar-refractivity contribution >= 4 is 11.6 Å². The van der Waals surface area contributed by atoms with Crippen LogP contribution in [0.4, 0.5) is 13.2 Å². The molecule has 82 valence electrons. The van der Waals surface area contributed by atoms with E-state index in [1.807, 2.05) is 0 Å². The molecule has 0 spiro atoms. The van der Waals surface area contributed by atoms with Crippen molar-refractivity contribution in [2.45, 2.75) is 31.1 Å². The molecule has 0 heterocycles. The Hall–Kier alpha value is -0.700. The van der Waals surface area contributed by atoms with Crippen molar-refractivity contribution in [2.75, 3.05) is 0 Å². The minimum absolute atomic E-state index is 0.0147. The zero-order valence-corrected chi connectivity index (χ0v) is 9.13. The molecule has 1 aromatic rings. The third-order valence-electron chi connectivity index (χ3n) is 2.89. The van der Waals surface area contributed by atoms with E-state index in [2.05, 4.69) is 0 Å². The van der Waals surface area contributed by atoms with Crippen LogP contribution in [0.3, 0.4) is 0 Å². The molecule has 0 N–H and O–H groups in total. The Balaban J connectivity index is 2.78. The lowest BCUT2D eigenvalue weighted by molar-refractivity contribution is 0.469. The second kappa shape index (κ2) is 3.14. The van der Waals surface area contributed by atoms with E-state index in [-0.39, 0.29) is 11.1 Å². The van der Waals surface area contributed by atoms with Gasteiger partial charge in [0, 0.05) is 17.2 Å². The first-order chi connectivity index (χ1) is 6.84.